The lowest BCUT2D eigenvalue weighted by atomic mass is 10.2. The highest BCUT2D eigenvalue weighted by molar-refractivity contribution is 5.95. The quantitative estimate of drug-likeness (QED) is 0.599. The molecule has 92 valence electrons. The maximum Gasteiger partial charge on any atom is 0.273 e. The van der Waals surface area contributed by atoms with Gasteiger partial charge in [-0.1, -0.05) is 0 Å². The van der Waals surface area contributed by atoms with Crippen molar-refractivity contribution in [1.82, 2.24) is 0 Å². The summed E-state index contributed by atoms with van der Waals surface area (Å²) in [6.45, 7) is 1.53. The smallest absolute Gasteiger partial charge is 0.273 e. The van der Waals surface area contributed by atoms with Crippen molar-refractivity contribution in [2.24, 2.45) is 5.73 Å². The minimum atomic E-state index is -0.671. The molecule has 0 aliphatic carbocycles. The molecule has 1 unspecified atom stereocenters. The molecule has 1 aromatic rings. The molecule has 1 amide bonds. The van der Waals surface area contributed by atoms with Gasteiger partial charge in [-0.3, -0.25) is 14.9 Å². The number of hydrogen-bond acceptors (Lipinski definition) is 5. The Morgan fingerprint density at radius 1 is 1.59 bits per heavy atom. The zero-order valence-electron chi connectivity index (χ0n) is 9.47. The molecule has 3 N–H and O–H groups in total. The Balaban J connectivity index is 3.01. The van der Waals surface area contributed by atoms with Gasteiger partial charge in [-0.2, -0.15) is 0 Å². The maximum absolute atomic E-state index is 11.4. The summed E-state index contributed by atoms with van der Waals surface area (Å²) >= 11 is 0. The lowest BCUT2D eigenvalue weighted by molar-refractivity contribution is -0.384. The van der Waals surface area contributed by atoms with E-state index < -0.39 is 16.9 Å². The number of rotatable bonds is 4. The van der Waals surface area contributed by atoms with Crippen molar-refractivity contribution in [3.05, 3.63) is 28.3 Å². The van der Waals surface area contributed by atoms with E-state index in [0.29, 0.717) is 5.69 Å². The SMILES string of the molecule is COc1cc([N+](=O)[O-])ccc1NC(=O)C(C)N. The Hall–Kier alpha value is -2.15. The molecule has 0 saturated carbocycles. The third-order valence-electron chi connectivity index (χ3n) is 2.07. The van der Waals surface area contributed by atoms with E-state index >= 15 is 0 Å². The lowest BCUT2D eigenvalue weighted by Crippen LogP contribution is -2.32. The molecule has 0 heterocycles. The molecule has 1 atom stereocenters. The number of carbonyl (C=O) groups excluding carboxylic acids is 1. The van der Waals surface area contributed by atoms with Crippen molar-refractivity contribution in [2.45, 2.75) is 13.0 Å². The minimum Gasteiger partial charge on any atom is -0.494 e. The first-order chi connectivity index (χ1) is 7.95. The molecule has 7 nitrogen and oxygen atoms in total. The molecule has 1 rings (SSSR count). The fourth-order valence-electron chi connectivity index (χ4n) is 1.14. The van der Waals surface area contributed by atoms with Crippen molar-refractivity contribution in [3.63, 3.8) is 0 Å². The minimum absolute atomic E-state index is 0.111. The number of nitro benzene ring substituents is 1. The van der Waals surface area contributed by atoms with Gasteiger partial charge in [0.05, 0.1) is 29.8 Å². The molecule has 1 aromatic carbocycles. The van der Waals surface area contributed by atoms with Crippen LogP contribution in [0.1, 0.15) is 6.92 Å². The second-order valence-electron chi connectivity index (χ2n) is 3.42. The van der Waals surface area contributed by atoms with Gasteiger partial charge in [0.1, 0.15) is 5.75 Å². The highest BCUT2D eigenvalue weighted by atomic mass is 16.6. The number of benzene rings is 1. The van der Waals surface area contributed by atoms with E-state index in [9.17, 15) is 14.9 Å². The summed E-state index contributed by atoms with van der Waals surface area (Å²) in [7, 11) is 1.36. The van der Waals surface area contributed by atoms with Crippen LogP contribution in [0.25, 0.3) is 0 Å². The summed E-state index contributed by atoms with van der Waals surface area (Å²) in [5.41, 5.74) is 5.63. The van der Waals surface area contributed by atoms with Crippen molar-refractivity contribution >= 4 is 17.3 Å². The number of non-ortho nitro benzene ring substituents is 1. The maximum atomic E-state index is 11.4. The molecule has 0 aromatic heterocycles. The first kappa shape index (κ1) is 12.9. The molecular formula is C10H13N3O4. The summed E-state index contributed by atoms with van der Waals surface area (Å²) in [6, 6.07) is 3.24. The van der Waals surface area contributed by atoms with Crippen molar-refractivity contribution in [1.29, 1.82) is 0 Å². The third-order valence-corrected chi connectivity index (χ3v) is 2.07. The summed E-state index contributed by atoms with van der Waals surface area (Å²) in [5.74, 6) is -0.176. The number of nitrogens with two attached hydrogens (primary N) is 1. The number of hydrogen-bond donors (Lipinski definition) is 2. The van der Waals surface area contributed by atoms with Gasteiger partial charge >= 0.3 is 0 Å². The molecular weight excluding hydrogens is 226 g/mol. The average Bonchev–Trinajstić information content (AvgIpc) is 2.28. The second-order valence-corrected chi connectivity index (χ2v) is 3.42. The van der Waals surface area contributed by atoms with Crippen LogP contribution in [0.2, 0.25) is 0 Å². The van der Waals surface area contributed by atoms with E-state index in [4.69, 9.17) is 10.5 Å². The van der Waals surface area contributed by atoms with Gasteiger partial charge in [0.2, 0.25) is 5.91 Å². The van der Waals surface area contributed by atoms with Gasteiger partial charge in [0.15, 0.2) is 0 Å². The van der Waals surface area contributed by atoms with Crippen molar-refractivity contribution in [3.8, 4) is 5.75 Å². The van der Waals surface area contributed by atoms with E-state index in [1.54, 1.807) is 0 Å². The number of amides is 1. The highest BCUT2D eigenvalue weighted by Gasteiger charge is 2.14. The third kappa shape index (κ3) is 3.15. The first-order valence-electron chi connectivity index (χ1n) is 4.84. The number of anilines is 1. The van der Waals surface area contributed by atoms with E-state index in [1.807, 2.05) is 0 Å². The summed E-state index contributed by atoms with van der Waals surface area (Å²) < 4.78 is 4.96. The van der Waals surface area contributed by atoms with Crippen molar-refractivity contribution < 1.29 is 14.5 Å². The topological polar surface area (TPSA) is 107 Å². The van der Waals surface area contributed by atoms with E-state index in [1.165, 1.54) is 32.2 Å². The number of nitrogens with one attached hydrogen (secondary N) is 1. The largest absolute Gasteiger partial charge is 0.494 e. The molecule has 0 bridgehead atoms. The predicted molar refractivity (Wildman–Crippen MR) is 61.9 cm³/mol. The van der Waals surface area contributed by atoms with Crippen LogP contribution < -0.4 is 15.8 Å². The van der Waals surface area contributed by atoms with E-state index in [-0.39, 0.29) is 11.4 Å². The van der Waals surface area contributed by atoms with Crippen molar-refractivity contribution in [2.75, 3.05) is 12.4 Å². The van der Waals surface area contributed by atoms with Gasteiger partial charge in [-0.05, 0) is 13.0 Å². The van der Waals surface area contributed by atoms with Gasteiger partial charge in [0, 0.05) is 6.07 Å². The van der Waals surface area contributed by atoms with Crippen LogP contribution in [-0.4, -0.2) is 24.0 Å². The molecule has 0 saturated heterocycles. The Labute approximate surface area is 97.7 Å². The summed E-state index contributed by atoms with van der Waals surface area (Å²) in [5, 5.41) is 13.1. The second kappa shape index (κ2) is 5.26. The number of nitrogens with zero attached hydrogens (tertiary/aromatic N) is 1. The van der Waals surface area contributed by atoms with Crippen LogP contribution in [0.4, 0.5) is 11.4 Å². The van der Waals surface area contributed by atoms with E-state index in [0.717, 1.165) is 0 Å². The lowest BCUT2D eigenvalue weighted by Gasteiger charge is -2.11. The molecule has 0 aliphatic heterocycles. The summed E-state index contributed by atoms with van der Waals surface area (Å²) in [4.78, 5) is 21.4. The zero-order chi connectivity index (χ0) is 13.0. The number of carbonyl (C=O) groups is 1. The molecule has 0 radical (unpaired) electrons. The van der Waals surface area contributed by atoms with Crippen LogP contribution in [0.3, 0.4) is 0 Å². The standard InChI is InChI=1S/C10H13N3O4/c1-6(11)10(14)12-8-4-3-7(13(15)16)5-9(8)17-2/h3-6H,11H2,1-2H3,(H,12,14). The van der Waals surface area contributed by atoms with Gasteiger partial charge in [0.25, 0.3) is 5.69 Å². The van der Waals surface area contributed by atoms with Gasteiger partial charge in [-0.25, -0.2) is 0 Å². The first-order valence-corrected chi connectivity index (χ1v) is 4.84. The number of ether oxygens (including phenoxy) is 1. The molecule has 0 fully saturated rings. The van der Waals surface area contributed by atoms with Gasteiger partial charge < -0.3 is 15.8 Å². The van der Waals surface area contributed by atoms with Crippen LogP contribution in [0.5, 0.6) is 5.75 Å². The predicted octanol–water partition coefficient (Wildman–Crippen LogP) is 0.889. The fourth-order valence-corrected chi connectivity index (χ4v) is 1.14. The Morgan fingerprint density at radius 3 is 2.71 bits per heavy atom. The Morgan fingerprint density at radius 2 is 2.24 bits per heavy atom. The van der Waals surface area contributed by atoms with Crippen LogP contribution >= 0.6 is 0 Å². The number of methoxy groups -OCH3 is 1. The summed E-state index contributed by atoms with van der Waals surface area (Å²) in [6.07, 6.45) is 0. The zero-order valence-corrected chi connectivity index (χ0v) is 9.47. The normalized spacial score (nSPS) is 11.7. The van der Waals surface area contributed by atoms with E-state index in [2.05, 4.69) is 5.32 Å². The monoisotopic (exact) mass is 239 g/mol. The number of nitro groups is 1. The molecule has 7 heteroatoms. The Bertz CT molecular complexity index is 445. The average molecular weight is 239 g/mol. The fraction of sp³-hybridized carbons (Fsp3) is 0.300. The molecule has 0 aliphatic rings. The molecule has 0 spiro atoms. The molecule has 17 heavy (non-hydrogen) atoms. The Kier molecular flexibility index (Phi) is 4.00. The van der Waals surface area contributed by atoms with Crippen LogP contribution in [-0.2, 0) is 4.79 Å². The van der Waals surface area contributed by atoms with Crippen LogP contribution in [0.15, 0.2) is 18.2 Å². The van der Waals surface area contributed by atoms with Crippen LogP contribution in [0, 0.1) is 10.1 Å². The van der Waals surface area contributed by atoms with Gasteiger partial charge in [-0.15, -0.1) is 0 Å². The highest BCUT2D eigenvalue weighted by Crippen LogP contribution is 2.28.